The van der Waals surface area contributed by atoms with Crippen LogP contribution in [0.1, 0.15) is 165 Å². The summed E-state index contributed by atoms with van der Waals surface area (Å²) >= 11 is 0. The summed E-state index contributed by atoms with van der Waals surface area (Å²) in [6.45, 7) is 15.2. The van der Waals surface area contributed by atoms with E-state index in [0.717, 1.165) is 9.80 Å². The van der Waals surface area contributed by atoms with E-state index in [4.69, 9.17) is 0 Å². The topological polar surface area (TPSA) is 170 Å². The molecule has 0 fully saturated rings. The third-order valence-corrected chi connectivity index (χ3v) is 10.00. The highest BCUT2D eigenvalue weighted by molar-refractivity contribution is 6.44. The molecule has 0 aliphatic carbocycles. The van der Waals surface area contributed by atoms with Crippen LogP contribution in [0.5, 0.6) is 0 Å². The fourth-order valence-electron chi connectivity index (χ4n) is 7.63. The minimum Gasteiger partial charge on any atom is -0.268 e. The number of hydrogen-bond donors (Lipinski definition) is 0. The van der Waals surface area contributed by atoms with Crippen LogP contribution in [0.4, 0.5) is 11.4 Å². The number of amides is 4. The summed E-state index contributed by atoms with van der Waals surface area (Å²) in [5.41, 5.74) is -0.291. The second-order valence-electron chi connectivity index (χ2n) is 14.3. The summed E-state index contributed by atoms with van der Waals surface area (Å²) in [4.78, 5) is 61.4. The third kappa shape index (κ3) is 4.65. The van der Waals surface area contributed by atoms with E-state index in [0.29, 0.717) is 22.3 Å². The molecule has 0 spiro atoms. The largest absolute Gasteiger partial charge is 0.268 e. The fourth-order valence-corrected chi connectivity index (χ4v) is 7.63. The number of para-hydroxylation sites is 2. The highest BCUT2D eigenvalue weighted by Crippen LogP contribution is 2.49. The molecule has 2 heterocycles. The number of nitriles is 4. The molecule has 0 aromatic heterocycles. The van der Waals surface area contributed by atoms with E-state index in [1.807, 2.05) is 91.8 Å². The minimum absolute atomic E-state index is 0.174. The van der Waals surface area contributed by atoms with Crippen LogP contribution in [0.2, 0.25) is 0 Å². The Morgan fingerprint density at radius 1 is 0.423 bits per heavy atom. The zero-order valence-corrected chi connectivity index (χ0v) is 30.1. The number of hydrogen-bond acceptors (Lipinski definition) is 8. The molecule has 0 bridgehead atoms. The van der Waals surface area contributed by atoms with Crippen molar-refractivity contribution >= 4 is 45.8 Å². The van der Waals surface area contributed by atoms with E-state index >= 15 is 0 Å². The molecule has 52 heavy (non-hydrogen) atoms. The quantitative estimate of drug-likeness (QED) is 0.182. The number of rotatable bonds is 6. The van der Waals surface area contributed by atoms with Crippen LogP contribution in [0, 0.1) is 45.3 Å². The molecule has 6 rings (SSSR count). The zero-order chi connectivity index (χ0) is 38.1. The maximum absolute atomic E-state index is 14.9. The summed E-state index contributed by atoms with van der Waals surface area (Å²) in [7, 11) is 0. The van der Waals surface area contributed by atoms with Gasteiger partial charge in [0.1, 0.15) is 24.3 Å². The van der Waals surface area contributed by atoms with E-state index in [-0.39, 0.29) is 68.1 Å². The normalized spacial score (nSPS) is 13.7. The average molecular weight is 687 g/mol. The Hall–Kier alpha value is -6.62. The molecule has 4 aromatic rings. The first kappa shape index (κ1) is 35.2. The number of carbonyl (C=O) groups is 4. The molecule has 0 unspecified atom stereocenters. The lowest BCUT2D eigenvalue weighted by molar-refractivity contribution is 0.0871. The fraction of sp³-hybridized carbons (Fsp3) is 0.286. The van der Waals surface area contributed by atoms with Crippen LogP contribution in [0.15, 0.2) is 36.4 Å². The number of nitrogens with zero attached hydrogens (tertiary/aromatic N) is 6. The number of imide groups is 2. The van der Waals surface area contributed by atoms with Crippen LogP contribution < -0.4 is 9.80 Å². The van der Waals surface area contributed by atoms with E-state index in [1.54, 1.807) is 24.3 Å². The summed E-state index contributed by atoms with van der Waals surface area (Å²) < 4.78 is 0. The number of anilines is 2. The Balaban J connectivity index is 1.84. The molecule has 0 radical (unpaired) electrons. The van der Waals surface area contributed by atoms with Gasteiger partial charge >= 0.3 is 0 Å². The Morgan fingerprint density at radius 2 is 0.635 bits per heavy atom. The van der Waals surface area contributed by atoms with Crippen LogP contribution in [-0.2, 0) is 0 Å². The van der Waals surface area contributed by atoms with Gasteiger partial charge in [-0.1, -0.05) is 91.8 Å². The average Bonchev–Trinajstić information content (AvgIpc) is 3.11. The zero-order valence-electron chi connectivity index (χ0n) is 30.1. The van der Waals surface area contributed by atoms with E-state index in [2.05, 4.69) is 0 Å². The van der Waals surface area contributed by atoms with E-state index < -0.39 is 45.9 Å². The van der Waals surface area contributed by atoms with Crippen molar-refractivity contribution in [3.63, 3.8) is 0 Å². The lowest BCUT2D eigenvalue weighted by Gasteiger charge is -2.37. The van der Waals surface area contributed by atoms with Crippen LogP contribution in [0.3, 0.4) is 0 Å². The lowest BCUT2D eigenvalue weighted by atomic mass is 9.76. The Bertz CT molecular complexity index is 2180. The van der Waals surface area contributed by atoms with Crippen LogP contribution in [0.25, 0.3) is 10.8 Å². The minimum atomic E-state index is -0.943. The number of benzene rings is 4. The molecule has 2 aliphatic heterocycles. The van der Waals surface area contributed by atoms with Crippen molar-refractivity contribution in [1.82, 2.24) is 0 Å². The van der Waals surface area contributed by atoms with Crippen molar-refractivity contribution < 1.29 is 19.2 Å². The smallest absolute Gasteiger partial charge is 0.267 e. The van der Waals surface area contributed by atoms with Crippen LogP contribution in [-0.4, -0.2) is 23.6 Å². The summed E-state index contributed by atoms with van der Waals surface area (Å²) in [5.74, 6) is -4.47. The molecule has 2 aliphatic rings. The predicted molar refractivity (Wildman–Crippen MR) is 194 cm³/mol. The molecule has 256 valence electrons. The van der Waals surface area contributed by atoms with Crippen molar-refractivity contribution in [2.45, 2.75) is 79.1 Å². The summed E-state index contributed by atoms with van der Waals surface area (Å²) in [5, 5.41) is 42.2. The first-order valence-electron chi connectivity index (χ1n) is 17.1. The lowest BCUT2D eigenvalue weighted by Crippen LogP contribution is -2.46. The molecular weight excluding hydrogens is 652 g/mol. The summed E-state index contributed by atoms with van der Waals surface area (Å²) in [6, 6.07) is 18.6. The van der Waals surface area contributed by atoms with Gasteiger partial charge in [0, 0.05) is 10.8 Å². The van der Waals surface area contributed by atoms with Gasteiger partial charge < -0.3 is 0 Å². The maximum Gasteiger partial charge on any atom is 0.267 e. The van der Waals surface area contributed by atoms with E-state index in [9.17, 15) is 40.2 Å². The van der Waals surface area contributed by atoms with Crippen LogP contribution >= 0.6 is 0 Å². The highest BCUT2D eigenvalue weighted by Gasteiger charge is 2.49. The first-order chi connectivity index (χ1) is 24.7. The van der Waals surface area contributed by atoms with Gasteiger partial charge in [-0.2, -0.15) is 21.0 Å². The summed E-state index contributed by atoms with van der Waals surface area (Å²) in [6.07, 6.45) is 0. The van der Waals surface area contributed by atoms with Gasteiger partial charge in [-0.05, 0) is 45.9 Å². The molecule has 0 N–H and O–H groups in total. The predicted octanol–water partition coefficient (Wildman–Crippen LogP) is 8.42. The molecule has 4 amide bonds. The maximum atomic E-state index is 14.9. The van der Waals surface area contributed by atoms with Gasteiger partial charge in [0.2, 0.25) is 0 Å². The Labute approximate surface area is 301 Å². The van der Waals surface area contributed by atoms with Gasteiger partial charge in [-0.25, -0.2) is 9.80 Å². The highest BCUT2D eigenvalue weighted by atomic mass is 16.2. The van der Waals surface area contributed by atoms with Crippen molar-refractivity contribution in [2.75, 3.05) is 9.80 Å². The Kier molecular flexibility index (Phi) is 8.54. The molecule has 0 saturated carbocycles. The van der Waals surface area contributed by atoms with Gasteiger partial charge in [0.25, 0.3) is 23.6 Å². The Morgan fingerprint density at radius 3 is 0.808 bits per heavy atom. The molecule has 4 aromatic carbocycles. The van der Waals surface area contributed by atoms with Crippen molar-refractivity contribution in [3.8, 4) is 24.3 Å². The molecular formula is C42H34N6O4. The second-order valence-corrected chi connectivity index (χ2v) is 14.3. The van der Waals surface area contributed by atoms with E-state index in [1.165, 1.54) is 0 Å². The van der Waals surface area contributed by atoms with Gasteiger partial charge in [0.15, 0.2) is 0 Å². The van der Waals surface area contributed by atoms with Crippen molar-refractivity contribution in [1.29, 1.82) is 21.0 Å². The van der Waals surface area contributed by atoms with Gasteiger partial charge in [-0.3, -0.25) is 19.2 Å². The molecule has 10 nitrogen and oxygen atoms in total. The second kappa shape index (κ2) is 12.6. The third-order valence-electron chi connectivity index (χ3n) is 10.00. The molecule has 0 atom stereocenters. The van der Waals surface area contributed by atoms with Gasteiger partial charge in [-0.15, -0.1) is 0 Å². The first-order valence-corrected chi connectivity index (χ1v) is 17.1. The van der Waals surface area contributed by atoms with Crippen molar-refractivity contribution in [2.24, 2.45) is 0 Å². The standard InChI is InChI=1S/C42H34N6O4/c1-19(2)23-11-9-12-24(20(3)4)37(23)47-39(49)31-27(15-43)29(17-45)33-36-34(30(18-46)28(16-44)32(35(31)36)40(47)50)42(52)48(41(33)51)38-25(21(5)6)13-10-14-26(38)22(7)8/h9-14,19-22H,1-8H3. The van der Waals surface area contributed by atoms with Gasteiger partial charge in [0.05, 0.1) is 55.9 Å². The molecule has 10 heteroatoms. The van der Waals surface area contributed by atoms with Crippen molar-refractivity contribution in [3.05, 3.63) is 103 Å². The SMILES string of the molecule is CC(C)c1cccc(C(C)C)c1N1C(=O)c2c(C#N)c(C#N)c3c4c(c(C#N)c(C#N)c(c24)C1=O)C(=O)N(c1c(C(C)C)cccc1C(C)C)C3=O. The number of carbonyl (C=O) groups excluding carboxylic acids is 4. The molecule has 0 saturated heterocycles. The monoisotopic (exact) mass is 686 g/mol.